The number of nitrogens with one attached hydrogen (secondary N) is 1. The molecule has 2 aromatic rings. The van der Waals surface area contributed by atoms with Crippen molar-refractivity contribution >= 4 is 44.7 Å². The summed E-state index contributed by atoms with van der Waals surface area (Å²) in [5, 5.41) is 33.2. The number of thiophene rings is 1. The van der Waals surface area contributed by atoms with Crippen LogP contribution in [0.2, 0.25) is 5.02 Å². The van der Waals surface area contributed by atoms with Gasteiger partial charge < -0.3 is 15.5 Å². The van der Waals surface area contributed by atoms with E-state index in [9.17, 15) is 9.90 Å². The number of carboxylic acids is 1. The fourth-order valence-corrected chi connectivity index (χ4v) is 3.18. The van der Waals surface area contributed by atoms with Crippen molar-refractivity contribution in [3.05, 3.63) is 28.1 Å². The molecule has 0 saturated carbocycles. The van der Waals surface area contributed by atoms with Gasteiger partial charge in [-0.1, -0.05) is 11.6 Å². The van der Waals surface area contributed by atoms with Crippen molar-refractivity contribution in [2.45, 2.75) is 19.1 Å². The molecule has 0 aliphatic heterocycles. The van der Waals surface area contributed by atoms with E-state index in [0.29, 0.717) is 26.4 Å². The van der Waals surface area contributed by atoms with Crippen LogP contribution in [0.1, 0.15) is 12.5 Å². The molecule has 0 saturated heterocycles. The van der Waals surface area contributed by atoms with E-state index in [4.69, 9.17) is 22.0 Å². The lowest BCUT2D eigenvalue weighted by Crippen LogP contribution is -2.38. The van der Waals surface area contributed by atoms with Crippen LogP contribution < -0.4 is 5.32 Å². The summed E-state index contributed by atoms with van der Waals surface area (Å²) in [6.07, 6.45) is -1.07. The lowest BCUT2D eigenvalue weighted by Gasteiger charge is -2.19. The van der Waals surface area contributed by atoms with Gasteiger partial charge in [-0.05, 0) is 19.1 Å². The predicted molar refractivity (Wildman–Crippen MR) is 78.3 cm³/mol. The number of aliphatic carboxylic acids is 1. The van der Waals surface area contributed by atoms with Gasteiger partial charge in [0.05, 0.1) is 21.4 Å². The molecule has 7 heteroatoms. The number of carboxylic acid groups (broad SMARTS) is 1. The number of halogens is 1. The molecule has 0 fully saturated rings. The van der Waals surface area contributed by atoms with Crippen LogP contribution >= 0.6 is 22.9 Å². The molecule has 0 amide bonds. The monoisotopic (exact) mass is 310 g/mol. The summed E-state index contributed by atoms with van der Waals surface area (Å²) in [5.74, 6) is -1.16. The van der Waals surface area contributed by atoms with Crippen LogP contribution in [0.4, 0.5) is 5.69 Å². The van der Waals surface area contributed by atoms with Crippen molar-refractivity contribution in [2.24, 2.45) is 0 Å². The van der Waals surface area contributed by atoms with Crippen molar-refractivity contribution < 1.29 is 15.0 Å². The molecule has 2 atom stereocenters. The zero-order valence-corrected chi connectivity index (χ0v) is 12.0. The fraction of sp³-hybridized carbons (Fsp3) is 0.231. The Hall–Kier alpha value is -1.81. The summed E-state index contributed by atoms with van der Waals surface area (Å²) in [7, 11) is 0. The van der Waals surface area contributed by atoms with Gasteiger partial charge in [-0.3, -0.25) is 0 Å². The Kier molecular flexibility index (Phi) is 4.14. The quantitative estimate of drug-likeness (QED) is 0.807. The molecule has 1 aromatic heterocycles. The van der Waals surface area contributed by atoms with Crippen LogP contribution in [0.3, 0.4) is 0 Å². The first-order valence-corrected chi connectivity index (χ1v) is 6.98. The minimum absolute atomic E-state index is 0.444. The number of aliphatic hydroxyl groups excluding tert-OH is 1. The molecule has 3 N–H and O–H groups in total. The molecule has 2 rings (SSSR count). The van der Waals surface area contributed by atoms with E-state index < -0.39 is 18.1 Å². The van der Waals surface area contributed by atoms with Crippen LogP contribution in [0.15, 0.2) is 17.5 Å². The van der Waals surface area contributed by atoms with Crippen LogP contribution in [-0.4, -0.2) is 28.3 Å². The molecule has 0 aliphatic carbocycles. The molecule has 1 aromatic carbocycles. The van der Waals surface area contributed by atoms with Crippen molar-refractivity contribution in [3.8, 4) is 6.07 Å². The van der Waals surface area contributed by atoms with Crippen molar-refractivity contribution in [2.75, 3.05) is 5.32 Å². The number of anilines is 1. The Bertz CT molecular complexity index is 705. The average Bonchev–Trinajstić information content (AvgIpc) is 2.78. The lowest BCUT2D eigenvalue weighted by molar-refractivity contribution is -0.140. The molecular weight excluding hydrogens is 300 g/mol. The van der Waals surface area contributed by atoms with Gasteiger partial charge >= 0.3 is 5.97 Å². The van der Waals surface area contributed by atoms with E-state index in [2.05, 4.69) is 11.4 Å². The largest absolute Gasteiger partial charge is 0.480 e. The average molecular weight is 311 g/mol. The molecule has 0 spiro atoms. The van der Waals surface area contributed by atoms with Crippen LogP contribution in [0, 0.1) is 11.3 Å². The third-order valence-electron chi connectivity index (χ3n) is 2.86. The number of nitrogens with zero attached hydrogens (tertiary/aromatic N) is 1. The highest BCUT2D eigenvalue weighted by atomic mass is 35.5. The second-order valence-corrected chi connectivity index (χ2v) is 5.55. The van der Waals surface area contributed by atoms with E-state index >= 15 is 0 Å². The number of aliphatic hydroxyl groups is 1. The third kappa shape index (κ3) is 2.56. The van der Waals surface area contributed by atoms with E-state index in [0.717, 1.165) is 0 Å². The van der Waals surface area contributed by atoms with Gasteiger partial charge in [0.15, 0.2) is 6.04 Å². The number of hydrogen-bond donors (Lipinski definition) is 3. The number of hydrogen-bond acceptors (Lipinski definition) is 5. The first-order valence-electron chi connectivity index (χ1n) is 5.73. The highest BCUT2D eigenvalue weighted by Gasteiger charge is 2.24. The maximum atomic E-state index is 11.1. The normalized spacial score (nSPS) is 13.7. The standard InChI is InChI=1S/C13H11ClN2O3S/c1-6(17)11(13(18)19)16-9-3-2-7(4-15)12-10(9)8(14)5-20-12/h2-3,5-6,11,16-17H,1H3,(H,18,19)/t6-,11+/m0/s1. The molecule has 0 radical (unpaired) electrons. The van der Waals surface area contributed by atoms with Gasteiger partial charge in [-0.15, -0.1) is 11.3 Å². The Labute approximate surface area is 124 Å². The van der Waals surface area contributed by atoms with Crippen molar-refractivity contribution in [1.82, 2.24) is 0 Å². The highest BCUT2D eigenvalue weighted by molar-refractivity contribution is 7.18. The van der Waals surface area contributed by atoms with E-state index in [1.807, 2.05) is 0 Å². The second-order valence-electron chi connectivity index (χ2n) is 4.26. The van der Waals surface area contributed by atoms with Gasteiger partial charge in [0.1, 0.15) is 6.07 Å². The smallest absolute Gasteiger partial charge is 0.328 e. The molecule has 0 unspecified atom stereocenters. The summed E-state index contributed by atoms with van der Waals surface area (Å²) in [4.78, 5) is 11.1. The SMILES string of the molecule is C[C@H](O)[C@@H](Nc1ccc(C#N)c2scc(Cl)c12)C(=O)O. The number of fused-ring (bicyclic) bond motifs is 1. The zero-order chi connectivity index (χ0) is 14.9. The number of carbonyl (C=O) groups is 1. The minimum atomic E-state index is -1.16. The molecule has 5 nitrogen and oxygen atoms in total. The van der Waals surface area contributed by atoms with Crippen molar-refractivity contribution in [1.29, 1.82) is 5.26 Å². The summed E-state index contributed by atoms with van der Waals surface area (Å²) in [5.41, 5.74) is 0.963. The van der Waals surface area contributed by atoms with E-state index in [1.54, 1.807) is 17.5 Å². The van der Waals surface area contributed by atoms with Gasteiger partial charge in [-0.25, -0.2) is 4.79 Å². The number of benzene rings is 1. The first-order chi connectivity index (χ1) is 9.45. The zero-order valence-electron chi connectivity index (χ0n) is 10.4. The second kappa shape index (κ2) is 5.67. The lowest BCUT2D eigenvalue weighted by atomic mass is 10.1. The van der Waals surface area contributed by atoms with E-state index in [1.165, 1.54) is 18.3 Å². The predicted octanol–water partition coefficient (Wildman–Crippen LogP) is 2.67. The van der Waals surface area contributed by atoms with Gasteiger partial charge in [-0.2, -0.15) is 5.26 Å². The van der Waals surface area contributed by atoms with Gasteiger partial charge in [0, 0.05) is 16.5 Å². The van der Waals surface area contributed by atoms with E-state index in [-0.39, 0.29) is 0 Å². The summed E-state index contributed by atoms with van der Waals surface area (Å²) >= 11 is 7.42. The van der Waals surface area contributed by atoms with Gasteiger partial charge in [0.2, 0.25) is 0 Å². The Morgan fingerprint density at radius 3 is 2.80 bits per heavy atom. The molecule has 0 aliphatic rings. The molecule has 104 valence electrons. The molecule has 1 heterocycles. The number of rotatable bonds is 4. The number of nitriles is 1. The van der Waals surface area contributed by atoms with Crippen molar-refractivity contribution in [3.63, 3.8) is 0 Å². The Balaban J connectivity index is 2.53. The highest BCUT2D eigenvalue weighted by Crippen LogP contribution is 2.38. The maximum absolute atomic E-state index is 11.1. The fourth-order valence-electron chi connectivity index (χ4n) is 1.88. The van der Waals surface area contributed by atoms with Gasteiger partial charge in [0.25, 0.3) is 0 Å². The minimum Gasteiger partial charge on any atom is -0.480 e. The summed E-state index contributed by atoms with van der Waals surface area (Å²) in [6.45, 7) is 1.39. The maximum Gasteiger partial charge on any atom is 0.328 e. The topological polar surface area (TPSA) is 93.4 Å². The Morgan fingerprint density at radius 1 is 1.55 bits per heavy atom. The van der Waals surface area contributed by atoms with Crippen LogP contribution in [0.5, 0.6) is 0 Å². The Morgan fingerprint density at radius 2 is 2.25 bits per heavy atom. The first kappa shape index (κ1) is 14.6. The molecular formula is C13H11ClN2O3S. The molecule has 0 bridgehead atoms. The van der Waals surface area contributed by atoms with Crippen LogP contribution in [0.25, 0.3) is 10.1 Å². The van der Waals surface area contributed by atoms with Crippen LogP contribution in [-0.2, 0) is 4.79 Å². The molecule has 20 heavy (non-hydrogen) atoms. The third-order valence-corrected chi connectivity index (χ3v) is 4.30. The summed E-state index contributed by atoms with van der Waals surface area (Å²) in [6, 6.07) is 4.11. The summed E-state index contributed by atoms with van der Waals surface area (Å²) < 4.78 is 0.692.